The lowest BCUT2D eigenvalue weighted by Crippen LogP contribution is -2.36. The molecule has 9 nitrogen and oxygen atoms in total. The maximum absolute atomic E-state index is 12.9. The highest BCUT2D eigenvalue weighted by Crippen LogP contribution is 2.40. The van der Waals surface area contributed by atoms with Gasteiger partial charge in [0, 0.05) is 42.2 Å². The van der Waals surface area contributed by atoms with E-state index in [4.69, 9.17) is 0 Å². The molecule has 188 valence electrons. The van der Waals surface area contributed by atoms with Gasteiger partial charge in [0.05, 0.1) is 12.7 Å². The minimum Gasteiger partial charge on any atom is -0.392 e. The summed E-state index contributed by atoms with van der Waals surface area (Å²) in [6.07, 6.45) is 3.24. The molecule has 1 aliphatic rings. The van der Waals surface area contributed by atoms with Crippen LogP contribution in [0.25, 0.3) is 11.1 Å². The SMILES string of the molecule is C[C@H](O)CNC(=O)Nc1cc(-c2cccc(NC(=O)c3ccc(C4CC4)cc3)c2CO)cn(C)c1=O. The Morgan fingerprint density at radius 1 is 1.08 bits per heavy atom. The van der Waals surface area contributed by atoms with Crippen LogP contribution in [-0.2, 0) is 13.7 Å². The number of aryl methyl sites for hydroxylation is 1. The number of aromatic nitrogens is 1. The third-order valence-corrected chi connectivity index (χ3v) is 6.10. The van der Waals surface area contributed by atoms with E-state index >= 15 is 0 Å². The number of urea groups is 1. The van der Waals surface area contributed by atoms with Crippen molar-refractivity contribution < 1.29 is 19.8 Å². The second-order valence-electron chi connectivity index (χ2n) is 9.08. The van der Waals surface area contributed by atoms with E-state index in [0.29, 0.717) is 33.9 Å². The van der Waals surface area contributed by atoms with Gasteiger partial charge in [0.2, 0.25) is 0 Å². The highest BCUT2D eigenvalue weighted by molar-refractivity contribution is 6.05. The van der Waals surface area contributed by atoms with Crippen molar-refractivity contribution in [3.63, 3.8) is 0 Å². The van der Waals surface area contributed by atoms with E-state index in [0.717, 1.165) is 0 Å². The van der Waals surface area contributed by atoms with E-state index in [1.807, 2.05) is 12.1 Å². The second-order valence-corrected chi connectivity index (χ2v) is 9.08. The van der Waals surface area contributed by atoms with E-state index in [1.165, 1.54) is 36.0 Å². The number of rotatable bonds is 8. The number of hydrogen-bond donors (Lipinski definition) is 5. The second kappa shape index (κ2) is 10.8. The maximum atomic E-state index is 12.9. The van der Waals surface area contributed by atoms with Crippen LogP contribution in [0.15, 0.2) is 59.5 Å². The molecule has 0 unspecified atom stereocenters. The molecule has 4 rings (SSSR count). The summed E-state index contributed by atoms with van der Waals surface area (Å²) >= 11 is 0. The van der Waals surface area contributed by atoms with Crippen molar-refractivity contribution in [2.75, 3.05) is 17.2 Å². The Morgan fingerprint density at radius 3 is 2.44 bits per heavy atom. The molecule has 1 fully saturated rings. The van der Waals surface area contributed by atoms with Crippen LogP contribution in [0.4, 0.5) is 16.2 Å². The van der Waals surface area contributed by atoms with Crippen molar-refractivity contribution in [2.24, 2.45) is 7.05 Å². The molecule has 1 aromatic heterocycles. The van der Waals surface area contributed by atoms with Gasteiger partial charge in [-0.2, -0.15) is 0 Å². The van der Waals surface area contributed by atoms with Gasteiger partial charge >= 0.3 is 6.03 Å². The summed E-state index contributed by atoms with van der Waals surface area (Å²) in [4.78, 5) is 37.6. The molecule has 3 amide bonds. The Labute approximate surface area is 208 Å². The summed E-state index contributed by atoms with van der Waals surface area (Å²) in [5, 5.41) is 27.4. The lowest BCUT2D eigenvalue weighted by molar-refractivity contribution is 0.102. The molecule has 0 aliphatic heterocycles. The molecule has 1 atom stereocenters. The van der Waals surface area contributed by atoms with Crippen molar-refractivity contribution in [2.45, 2.75) is 38.4 Å². The van der Waals surface area contributed by atoms with Gasteiger partial charge in [-0.25, -0.2) is 4.79 Å². The Bertz CT molecular complexity index is 1330. The number of anilines is 2. The van der Waals surface area contributed by atoms with E-state index in [2.05, 4.69) is 16.0 Å². The Balaban J connectivity index is 1.60. The zero-order valence-corrected chi connectivity index (χ0v) is 20.2. The van der Waals surface area contributed by atoms with Crippen molar-refractivity contribution in [1.82, 2.24) is 9.88 Å². The van der Waals surface area contributed by atoms with Gasteiger partial charge in [-0.05, 0) is 61.1 Å². The van der Waals surface area contributed by atoms with Crippen LogP contribution in [0.2, 0.25) is 0 Å². The first kappa shape index (κ1) is 25.2. The predicted molar refractivity (Wildman–Crippen MR) is 138 cm³/mol. The predicted octanol–water partition coefficient (Wildman–Crippen LogP) is 3.18. The summed E-state index contributed by atoms with van der Waals surface area (Å²) in [6.45, 7) is 1.21. The van der Waals surface area contributed by atoms with Crippen LogP contribution in [0, 0.1) is 0 Å². The highest BCUT2D eigenvalue weighted by atomic mass is 16.3. The van der Waals surface area contributed by atoms with Crippen LogP contribution in [-0.4, -0.2) is 39.4 Å². The van der Waals surface area contributed by atoms with E-state index < -0.39 is 17.7 Å². The molecule has 3 aromatic rings. The fraction of sp³-hybridized carbons (Fsp3) is 0.296. The first-order chi connectivity index (χ1) is 17.3. The monoisotopic (exact) mass is 490 g/mol. The number of aliphatic hydroxyl groups is 2. The third kappa shape index (κ3) is 5.81. The first-order valence-corrected chi connectivity index (χ1v) is 11.8. The van der Waals surface area contributed by atoms with Gasteiger partial charge in [0.15, 0.2) is 0 Å². The number of carbonyl (C=O) groups is 2. The van der Waals surface area contributed by atoms with Crippen LogP contribution < -0.4 is 21.5 Å². The van der Waals surface area contributed by atoms with Crippen LogP contribution in [0.5, 0.6) is 0 Å². The number of nitrogens with one attached hydrogen (secondary N) is 3. The average Bonchev–Trinajstić information content (AvgIpc) is 3.71. The number of nitrogens with zero attached hydrogens (tertiary/aromatic N) is 1. The lowest BCUT2D eigenvalue weighted by atomic mass is 9.99. The number of benzene rings is 2. The zero-order chi connectivity index (χ0) is 25.8. The van der Waals surface area contributed by atoms with Gasteiger partial charge in [-0.15, -0.1) is 0 Å². The largest absolute Gasteiger partial charge is 0.392 e. The number of amides is 3. The third-order valence-electron chi connectivity index (χ3n) is 6.10. The molecule has 0 bridgehead atoms. The summed E-state index contributed by atoms with van der Waals surface area (Å²) in [6, 6.07) is 13.7. The van der Waals surface area contributed by atoms with E-state index in [-0.39, 0.29) is 24.7 Å². The normalized spacial score (nSPS) is 13.7. The van der Waals surface area contributed by atoms with Crippen molar-refractivity contribution >= 4 is 23.3 Å². The van der Waals surface area contributed by atoms with Gasteiger partial charge in [0.1, 0.15) is 5.69 Å². The molecule has 2 aromatic carbocycles. The number of carbonyl (C=O) groups excluding carboxylic acids is 2. The standard InChI is InChI=1S/C27H30N4O5/c1-16(33)13-28-27(36)30-24-12-20(14-31(2)26(24)35)21-4-3-5-23(22(21)15-32)29-25(34)19-10-8-18(9-11-19)17-6-7-17/h3-5,8-12,14,16-17,32-33H,6-7,13,15H2,1-2H3,(H,29,34)(H2,28,30,36)/t16-/m0/s1. The average molecular weight is 491 g/mol. The number of pyridine rings is 1. The number of hydrogen-bond acceptors (Lipinski definition) is 5. The molecular weight excluding hydrogens is 460 g/mol. The van der Waals surface area contributed by atoms with Gasteiger partial charge in [0.25, 0.3) is 11.5 Å². The van der Waals surface area contributed by atoms with Crippen LogP contribution >= 0.6 is 0 Å². The summed E-state index contributed by atoms with van der Waals surface area (Å²) in [5.74, 6) is 0.312. The minimum atomic E-state index is -0.730. The smallest absolute Gasteiger partial charge is 0.319 e. The maximum Gasteiger partial charge on any atom is 0.319 e. The Kier molecular flexibility index (Phi) is 7.52. The molecule has 1 saturated carbocycles. The van der Waals surface area contributed by atoms with Crippen molar-refractivity contribution in [1.29, 1.82) is 0 Å². The van der Waals surface area contributed by atoms with Gasteiger partial charge in [-0.1, -0.05) is 24.3 Å². The minimum absolute atomic E-state index is 0.0333. The molecule has 0 spiro atoms. The summed E-state index contributed by atoms with van der Waals surface area (Å²) in [5.41, 5.74) is 3.46. The first-order valence-electron chi connectivity index (χ1n) is 11.8. The summed E-state index contributed by atoms with van der Waals surface area (Å²) < 4.78 is 1.33. The quantitative estimate of drug-likeness (QED) is 0.331. The summed E-state index contributed by atoms with van der Waals surface area (Å²) in [7, 11) is 1.56. The Morgan fingerprint density at radius 2 is 1.81 bits per heavy atom. The fourth-order valence-electron chi connectivity index (χ4n) is 4.02. The molecule has 5 N–H and O–H groups in total. The lowest BCUT2D eigenvalue weighted by Gasteiger charge is -2.16. The molecule has 36 heavy (non-hydrogen) atoms. The molecule has 1 aliphatic carbocycles. The molecule has 1 heterocycles. The van der Waals surface area contributed by atoms with Crippen molar-refractivity contribution in [3.8, 4) is 11.1 Å². The Hall–Kier alpha value is -3.95. The van der Waals surface area contributed by atoms with E-state index in [1.54, 1.807) is 43.6 Å². The fourth-order valence-corrected chi connectivity index (χ4v) is 4.02. The topological polar surface area (TPSA) is 133 Å². The zero-order valence-electron chi connectivity index (χ0n) is 20.2. The van der Waals surface area contributed by atoms with Crippen LogP contribution in [0.3, 0.4) is 0 Å². The molecule has 0 saturated heterocycles. The highest BCUT2D eigenvalue weighted by Gasteiger charge is 2.23. The van der Waals surface area contributed by atoms with Crippen molar-refractivity contribution in [3.05, 3.63) is 81.8 Å². The van der Waals surface area contributed by atoms with E-state index in [9.17, 15) is 24.6 Å². The number of aliphatic hydroxyl groups excluding tert-OH is 2. The van der Waals surface area contributed by atoms with Crippen LogP contribution in [0.1, 0.15) is 47.2 Å². The molecule has 9 heteroatoms. The molecule has 0 radical (unpaired) electrons. The van der Waals surface area contributed by atoms with Gasteiger partial charge in [-0.3, -0.25) is 9.59 Å². The molecular formula is C27H30N4O5. The van der Waals surface area contributed by atoms with Gasteiger partial charge < -0.3 is 30.7 Å².